The Hall–Kier alpha value is -2.32. The summed E-state index contributed by atoms with van der Waals surface area (Å²) in [6.45, 7) is 4.55. The van der Waals surface area contributed by atoms with Crippen molar-refractivity contribution < 1.29 is 32.9 Å². The van der Waals surface area contributed by atoms with E-state index >= 15 is 0 Å². The molecule has 0 fully saturated rings. The van der Waals surface area contributed by atoms with Crippen LogP contribution in [0.5, 0.6) is 0 Å². The van der Waals surface area contributed by atoms with E-state index in [1.807, 2.05) is 27.2 Å². The summed E-state index contributed by atoms with van der Waals surface area (Å²) >= 11 is 0. The van der Waals surface area contributed by atoms with Crippen LogP contribution in [0.2, 0.25) is 0 Å². The van der Waals surface area contributed by atoms with Crippen molar-refractivity contribution in [3.05, 3.63) is 85.1 Å². The predicted octanol–water partition coefficient (Wildman–Crippen LogP) is 9.85. The third-order valence-electron chi connectivity index (χ3n) is 7.60. The molecule has 8 nitrogen and oxygen atoms in total. The fourth-order valence-electron chi connectivity index (χ4n) is 4.55. The zero-order valence-electron chi connectivity index (χ0n) is 32.1. The van der Waals surface area contributed by atoms with Crippen molar-refractivity contribution in [1.82, 2.24) is 5.32 Å². The number of carbonyl (C=O) groups is 1. The second-order valence-corrected chi connectivity index (χ2v) is 15.0. The Balaban J connectivity index is 4.57. The minimum Gasteiger partial charge on any atom is -0.387 e. The molecule has 0 spiro atoms. The summed E-state index contributed by atoms with van der Waals surface area (Å²) in [6, 6.07) is -0.882. The molecule has 0 aliphatic rings. The van der Waals surface area contributed by atoms with Gasteiger partial charge in [0.05, 0.1) is 39.9 Å². The first-order valence-corrected chi connectivity index (χ1v) is 20.5. The fraction of sp³-hybridized carbons (Fsp3) is 0.634. The van der Waals surface area contributed by atoms with E-state index in [4.69, 9.17) is 9.05 Å². The Labute approximate surface area is 306 Å². The molecule has 1 amide bonds. The van der Waals surface area contributed by atoms with Gasteiger partial charge in [0.25, 0.3) is 0 Å². The van der Waals surface area contributed by atoms with E-state index < -0.39 is 20.0 Å². The van der Waals surface area contributed by atoms with Gasteiger partial charge in [-0.05, 0) is 77.0 Å². The predicted molar refractivity (Wildman–Crippen MR) is 212 cm³/mol. The number of nitrogens with zero attached hydrogens (tertiary/aromatic N) is 1. The van der Waals surface area contributed by atoms with Crippen molar-refractivity contribution in [2.45, 2.75) is 129 Å². The maximum absolute atomic E-state index is 12.8. The van der Waals surface area contributed by atoms with Crippen LogP contribution in [0, 0.1) is 0 Å². The minimum absolute atomic E-state index is 0.0440. The number of rotatable bonds is 32. The number of phosphoric acid groups is 1. The first-order chi connectivity index (χ1) is 24.0. The number of likely N-dealkylation sites (N-methyl/N-ethyl adjacent to an activating group) is 1. The SMILES string of the molecule is CC/C=C\C/C=C\C/C=C\C/C=C\C/C=C\CCCCCC(=O)NC(COP(=O)(O)OCC[N+](C)(C)C)C(O)/C=C/CC/C=C/CCCCC. The van der Waals surface area contributed by atoms with Gasteiger partial charge < -0.3 is 19.8 Å². The molecule has 0 heterocycles. The van der Waals surface area contributed by atoms with E-state index in [9.17, 15) is 19.4 Å². The molecule has 0 radical (unpaired) electrons. The molecular formula is C41H72N2O6P+. The lowest BCUT2D eigenvalue weighted by atomic mass is 10.1. The number of aliphatic hydroxyl groups excluding tert-OH is 1. The van der Waals surface area contributed by atoms with Crippen LogP contribution in [-0.2, 0) is 18.4 Å². The molecule has 0 saturated heterocycles. The van der Waals surface area contributed by atoms with Crippen LogP contribution in [0.3, 0.4) is 0 Å². The highest BCUT2D eigenvalue weighted by Gasteiger charge is 2.27. The first kappa shape index (κ1) is 47.7. The summed E-state index contributed by atoms with van der Waals surface area (Å²) in [5.41, 5.74) is 0. The quantitative estimate of drug-likeness (QED) is 0.0277. The zero-order valence-corrected chi connectivity index (χ0v) is 33.0. The topological polar surface area (TPSA) is 105 Å². The summed E-state index contributed by atoms with van der Waals surface area (Å²) in [7, 11) is 1.51. The van der Waals surface area contributed by atoms with Gasteiger partial charge in [-0.25, -0.2) is 4.57 Å². The maximum Gasteiger partial charge on any atom is 0.472 e. The highest BCUT2D eigenvalue weighted by atomic mass is 31.2. The standard InChI is InChI=1S/C41H71N2O6P/c1-6-8-10-12-14-16-17-18-19-20-21-22-23-24-25-27-29-31-33-35-41(45)42-39(38-49-50(46,47)48-37-36-43(3,4)5)40(44)34-32-30-28-26-15-13-11-9-7-2/h8,10,14-16,18-19,21-22,24-26,32,34,39-40,44H,6-7,9,11-13,17,20,23,27-31,33,35-38H2,1-5H3,(H-,42,45,46,47)/p+1/b10-8-,16-14-,19-18-,22-21-,25-24-,26-15+,34-32+. The summed E-state index contributed by atoms with van der Waals surface area (Å²) in [5.74, 6) is -0.227. The average molecular weight is 720 g/mol. The first-order valence-electron chi connectivity index (χ1n) is 19.0. The van der Waals surface area contributed by atoms with Crippen molar-refractivity contribution in [3.63, 3.8) is 0 Å². The van der Waals surface area contributed by atoms with E-state index in [0.717, 1.165) is 70.6 Å². The van der Waals surface area contributed by atoms with E-state index in [-0.39, 0.29) is 19.1 Å². The molecule has 0 rings (SSSR count). The molecule has 0 saturated carbocycles. The zero-order chi connectivity index (χ0) is 37.2. The van der Waals surface area contributed by atoms with Crippen LogP contribution < -0.4 is 5.32 Å². The lowest BCUT2D eigenvalue weighted by Crippen LogP contribution is -2.45. The van der Waals surface area contributed by atoms with Gasteiger partial charge in [0.1, 0.15) is 13.2 Å². The molecule has 0 aliphatic heterocycles. The molecule has 286 valence electrons. The molecule has 3 atom stereocenters. The fourth-order valence-corrected chi connectivity index (χ4v) is 5.29. The van der Waals surface area contributed by atoms with Crippen molar-refractivity contribution in [1.29, 1.82) is 0 Å². The lowest BCUT2D eigenvalue weighted by molar-refractivity contribution is -0.870. The number of hydrogen-bond acceptors (Lipinski definition) is 5. The third kappa shape index (κ3) is 34.1. The molecule has 3 unspecified atom stereocenters. The summed E-state index contributed by atoms with van der Waals surface area (Å²) < 4.78 is 23.4. The molecule has 0 aromatic heterocycles. The van der Waals surface area contributed by atoms with Gasteiger partial charge in [-0.2, -0.15) is 0 Å². The third-order valence-corrected chi connectivity index (χ3v) is 8.58. The summed E-state index contributed by atoms with van der Waals surface area (Å²) in [5, 5.41) is 13.6. The van der Waals surface area contributed by atoms with Crippen LogP contribution in [0.1, 0.15) is 117 Å². The highest BCUT2D eigenvalue weighted by Crippen LogP contribution is 2.43. The van der Waals surface area contributed by atoms with Crippen LogP contribution in [-0.4, -0.2) is 73.4 Å². The second-order valence-electron chi connectivity index (χ2n) is 13.6. The number of amides is 1. The number of quaternary nitrogens is 1. The van der Waals surface area contributed by atoms with Crippen molar-refractivity contribution >= 4 is 13.7 Å². The maximum atomic E-state index is 12.8. The summed E-state index contributed by atoms with van der Waals surface area (Å²) in [6.07, 6.45) is 43.8. The lowest BCUT2D eigenvalue weighted by Gasteiger charge is -2.25. The van der Waals surface area contributed by atoms with E-state index in [1.54, 1.807) is 6.08 Å². The van der Waals surface area contributed by atoms with Crippen LogP contribution >= 0.6 is 7.82 Å². The second kappa shape index (κ2) is 32.6. The summed E-state index contributed by atoms with van der Waals surface area (Å²) in [4.78, 5) is 22.9. The number of aliphatic hydroxyl groups is 1. The number of hydrogen-bond donors (Lipinski definition) is 3. The molecule has 0 aliphatic carbocycles. The van der Waals surface area contributed by atoms with Crippen LogP contribution in [0.15, 0.2) is 85.1 Å². The average Bonchev–Trinajstić information content (AvgIpc) is 3.06. The minimum atomic E-state index is -4.35. The van der Waals surface area contributed by atoms with E-state index in [0.29, 0.717) is 23.9 Å². The number of nitrogens with one attached hydrogen (secondary N) is 1. The Bertz CT molecular complexity index is 1090. The Morgan fingerprint density at radius 2 is 1.22 bits per heavy atom. The molecule has 3 N–H and O–H groups in total. The molecule has 50 heavy (non-hydrogen) atoms. The number of carbonyl (C=O) groups excluding carboxylic acids is 1. The van der Waals surface area contributed by atoms with Crippen molar-refractivity contribution in [3.8, 4) is 0 Å². The Morgan fingerprint density at radius 1 is 0.700 bits per heavy atom. The molecule has 0 aromatic carbocycles. The Kier molecular flexibility index (Phi) is 31.1. The van der Waals surface area contributed by atoms with Gasteiger partial charge in [-0.3, -0.25) is 13.8 Å². The van der Waals surface area contributed by atoms with Gasteiger partial charge in [-0.15, -0.1) is 0 Å². The monoisotopic (exact) mass is 720 g/mol. The smallest absolute Gasteiger partial charge is 0.387 e. The van der Waals surface area contributed by atoms with Gasteiger partial charge in [0.2, 0.25) is 5.91 Å². The molecule has 0 aromatic rings. The number of phosphoric ester groups is 1. The van der Waals surface area contributed by atoms with Crippen LogP contribution in [0.25, 0.3) is 0 Å². The van der Waals surface area contributed by atoms with Gasteiger partial charge in [-0.1, -0.05) is 118 Å². The van der Waals surface area contributed by atoms with E-state index in [2.05, 4.69) is 92.1 Å². The largest absolute Gasteiger partial charge is 0.472 e. The van der Waals surface area contributed by atoms with Gasteiger partial charge >= 0.3 is 7.82 Å². The van der Waals surface area contributed by atoms with Crippen molar-refractivity contribution in [2.75, 3.05) is 40.9 Å². The number of allylic oxidation sites excluding steroid dienone is 13. The van der Waals surface area contributed by atoms with E-state index in [1.165, 1.54) is 19.3 Å². The van der Waals surface area contributed by atoms with Crippen LogP contribution in [0.4, 0.5) is 0 Å². The highest BCUT2D eigenvalue weighted by molar-refractivity contribution is 7.47. The number of unbranched alkanes of at least 4 members (excludes halogenated alkanes) is 7. The van der Waals surface area contributed by atoms with Gasteiger partial charge in [0, 0.05) is 6.42 Å². The molecular weight excluding hydrogens is 647 g/mol. The Morgan fingerprint density at radius 3 is 1.80 bits per heavy atom. The van der Waals surface area contributed by atoms with Gasteiger partial charge in [0.15, 0.2) is 0 Å². The normalized spacial score (nSPS) is 15.6. The molecule has 9 heteroatoms. The van der Waals surface area contributed by atoms with Crippen molar-refractivity contribution in [2.24, 2.45) is 0 Å². The molecule has 0 bridgehead atoms.